The molecule has 0 aliphatic carbocycles. The normalized spacial score (nSPS) is 26.0. The number of nitrogens with one attached hydrogen (secondary N) is 1. The molecular weight excluding hydrogens is 410 g/mol. The van der Waals surface area contributed by atoms with Crippen molar-refractivity contribution in [2.24, 2.45) is 0 Å². The zero-order chi connectivity index (χ0) is 22.2. The van der Waals surface area contributed by atoms with E-state index in [0.717, 1.165) is 23.9 Å². The summed E-state index contributed by atoms with van der Waals surface area (Å²) >= 11 is 0. The number of benzene rings is 1. The number of fused-ring (bicyclic) bond motifs is 3. The molecule has 32 heavy (non-hydrogen) atoms. The van der Waals surface area contributed by atoms with Gasteiger partial charge in [0.15, 0.2) is 0 Å². The molecule has 3 fully saturated rings. The lowest BCUT2D eigenvalue weighted by atomic mass is 9.98. The van der Waals surface area contributed by atoms with E-state index in [-0.39, 0.29) is 36.2 Å². The lowest BCUT2D eigenvalue weighted by Gasteiger charge is -2.37. The van der Waals surface area contributed by atoms with Crippen LogP contribution in [0.2, 0.25) is 0 Å². The molecule has 3 amide bonds. The van der Waals surface area contributed by atoms with E-state index in [1.807, 2.05) is 27.7 Å². The summed E-state index contributed by atoms with van der Waals surface area (Å²) in [6.07, 6.45) is 5.67. The SMILES string of the molecule is O=C(NCCn1cnc2cc(C(=O)N3C4CCC3CC(O)C4)ccc21)N1CCC(O)CC1. The second-order valence-electron chi connectivity index (χ2n) is 9.31. The Bertz CT molecular complexity index is 985. The van der Waals surface area contributed by atoms with Crippen LogP contribution >= 0.6 is 0 Å². The number of nitrogens with zero attached hydrogens (tertiary/aromatic N) is 4. The Hall–Kier alpha value is -2.65. The first kappa shape index (κ1) is 21.2. The molecule has 3 aliphatic rings. The third kappa shape index (κ3) is 4.06. The monoisotopic (exact) mass is 441 g/mol. The van der Waals surface area contributed by atoms with E-state index in [1.165, 1.54) is 0 Å². The maximum atomic E-state index is 13.2. The molecule has 0 saturated carbocycles. The number of aliphatic hydroxyl groups is 2. The number of rotatable bonds is 4. The molecule has 0 radical (unpaired) electrons. The Morgan fingerprint density at radius 3 is 2.47 bits per heavy atom. The molecule has 1 aromatic heterocycles. The smallest absolute Gasteiger partial charge is 0.317 e. The number of likely N-dealkylation sites (tertiary alicyclic amines) is 1. The van der Waals surface area contributed by atoms with Crippen LogP contribution in [0.3, 0.4) is 0 Å². The topological polar surface area (TPSA) is 111 Å². The highest BCUT2D eigenvalue weighted by molar-refractivity contribution is 5.98. The summed E-state index contributed by atoms with van der Waals surface area (Å²) in [5.74, 6) is 0.0276. The summed E-state index contributed by atoms with van der Waals surface area (Å²) in [6.45, 7) is 2.22. The van der Waals surface area contributed by atoms with E-state index in [9.17, 15) is 19.8 Å². The van der Waals surface area contributed by atoms with Crippen LogP contribution in [0.4, 0.5) is 4.79 Å². The number of hydrogen-bond acceptors (Lipinski definition) is 5. The van der Waals surface area contributed by atoms with Gasteiger partial charge in [0.1, 0.15) is 0 Å². The first-order valence-corrected chi connectivity index (χ1v) is 11.7. The fourth-order valence-electron chi connectivity index (χ4n) is 5.47. The van der Waals surface area contributed by atoms with Crippen molar-refractivity contribution in [1.82, 2.24) is 24.7 Å². The number of piperidine rings is 2. The number of hydrogen-bond donors (Lipinski definition) is 3. The molecule has 2 bridgehead atoms. The molecule has 2 atom stereocenters. The molecule has 3 N–H and O–H groups in total. The van der Waals surface area contributed by atoms with Crippen molar-refractivity contribution in [3.8, 4) is 0 Å². The standard InChI is InChI=1S/C23H31N5O4/c29-18-5-8-26(9-6-18)23(32)24-7-10-27-14-25-20-11-15(1-4-21(20)27)22(31)28-16-2-3-17(28)13-19(30)12-16/h1,4,11,14,16-19,29-30H,2-3,5-10,12-13H2,(H,24,32). The van der Waals surface area contributed by atoms with Crippen LogP contribution in [-0.4, -0.2) is 85.4 Å². The summed E-state index contributed by atoms with van der Waals surface area (Å²) in [4.78, 5) is 33.7. The Morgan fingerprint density at radius 2 is 1.75 bits per heavy atom. The van der Waals surface area contributed by atoms with Crippen LogP contribution in [0.15, 0.2) is 24.5 Å². The Balaban J connectivity index is 1.21. The lowest BCUT2D eigenvalue weighted by molar-refractivity contribution is 0.0287. The van der Waals surface area contributed by atoms with E-state index in [4.69, 9.17) is 0 Å². The summed E-state index contributed by atoms with van der Waals surface area (Å²) in [7, 11) is 0. The van der Waals surface area contributed by atoms with Gasteiger partial charge in [0, 0.05) is 43.8 Å². The minimum Gasteiger partial charge on any atom is -0.393 e. The van der Waals surface area contributed by atoms with Crippen LogP contribution < -0.4 is 5.32 Å². The molecule has 0 spiro atoms. The average molecular weight is 442 g/mol. The molecule has 4 heterocycles. The molecule has 1 aromatic carbocycles. The average Bonchev–Trinajstić information content (AvgIpc) is 3.31. The van der Waals surface area contributed by atoms with Gasteiger partial charge in [-0.05, 0) is 56.7 Å². The zero-order valence-electron chi connectivity index (χ0n) is 18.2. The molecule has 2 unspecified atom stereocenters. The van der Waals surface area contributed by atoms with Gasteiger partial charge in [-0.25, -0.2) is 9.78 Å². The molecule has 172 valence electrons. The third-order valence-corrected chi connectivity index (χ3v) is 7.19. The second kappa shape index (κ2) is 8.71. The number of carbonyl (C=O) groups is 2. The maximum Gasteiger partial charge on any atom is 0.317 e. The summed E-state index contributed by atoms with van der Waals surface area (Å²) in [5, 5.41) is 22.5. The highest BCUT2D eigenvalue weighted by Crippen LogP contribution is 2.37. The third-order valence-electron chi connectivity index (χ3n) is 7.19. The van der Waals surface area contributed by atoms with Crippen LogP contribution in [0.25, 0.3) is 11.0 Å². The quantitative estimate of drug-likeness (QED) is 0.663. The predicted molar refractivity (Wildman–Crippen MR) is 118 cm³/mol. The van der Waals surface area contributed by atoms with Crippen LogP contribution in [0.1, 0.15) is 48.9 Å². The Morgan fingerprint density at radius 1 is 1.03 bits per heavy atom. The fourth-order valence-corrected chi connectivity index (χ4v) is 5.47. The highest BCUT2D eigenvalue weighted by Gasteiger charge is 2.43. The van der Waals surface area contributed by atoms with Gasteiger partial charge >= 0.3 is 6.03 Å². The summed E-state index contributed by atoms with van der Waals surface area (Å²) in [6, 6.07) is 5.79. The first-order valence-electron chi connectivity index (χ1n) is 11.7. The molecule has 3 aliphatic heterocycles. The predicted octanol–water partition coefficient (Wildman–Crippen LogP) is 1.33. The Kier molecular flexibility index (Phi) is 5.77. The summed E-state index contributed by atoms with van der Waals surface area (Å²) < 4.78 is 1.98. The van der Waals surface area contributed by atoms with E-state index in [0.29, 0.717) is 57.4 Å². The van der Waals surface area contributed by atoms with Crippen molar-refractivity contribution in [3.63, 3.8) is 0 Å². The number of urea groups is 1. The van der Waals surface area contributed by atoms with E-state index in [1.54, 1.807) is 11.2 Å². The maximum absolute atomic E-state index is 13.2. The van der Waals surface area contributed by atoms with Gasteiger partial charge in [-0.3, -0.25) is 4.79 Å². The van der Waals surface area contributed by atoms with Gasteiger partial charge in [0.25, 0.3) is 5.91 Å². The van der Waals surface area contributed by atoms with Gasteiger partial charge in [-0.2, -0.15) is 0 Å². The van der Waals surface area contributed by atoms with Crippen LogP contribution in [0, 0.1) is 0 Å². The number of amides is 3. The van der Waals surface area contributed by atoms with Crippen molar-refractivity contribution >= 4 is 23.0 Å². The minimum atomic E-state index is -0.301. The van der Waals surface area contributed by atoms with Crippen molar-refractivity contribution in [1.29, 1.82) is 0 Å². The van der Waals surface area contributed by atoms with E-state index < -0.39 is 0 Å². The van der Waals surface area contributed by atoms with Crippen molar-refractivity contribution in [3.05, 3.63) is 30.1 Å². The minimum absolute atomic E-state index is 0.0276. The molecule has 9 heteroatoms. The first-order chi connectivity index (χ1) is 15.5. The molecule has 2 aromatic rings. The van der Waals surface area contributed by atoms with Crippen molar-refractivity contribution in [2.45, 2.75) is 69.4 Å². The number of aromatic nitrogens is 2. The van der Waals surface area contributed by atoms with Crippen LogP contribution in [0.5, 0.6) is 0 Å². The van der Waals surface area contributed by atoms with E-state index in [2.05, 4.69) is 10.3 Å². The van der Waals surface area contributed by atoms with Crippen molar-refractivity contribution < 1.29 is 19.8 Å². The molecule has 5 rings (SSSR count). The zero-order valence-corrected chi connectivity index (χ0v) is 18.2. The van der Waals surface area contributed by atoms with Gasteiger partial charge < -0.3 is 29.9 Å². The highest BCUT2D eigenvalue weighted by atomic mass is 16.3. The Labute approximate surface area is 187 Å². The summed E-state index contributed by atoms with van der Waals surface area (Å²) in [5.41, 5.74) is 2.32. The fraction of sp³-hybridized carbons (Fsp3) is 0.609. The van der Waals surface area contributed by atoms with Gasteiger partial charge in [-0.15, -0.1) is 0 Å². The van der Waals surface area contributed by atoms with Gasteiger partial charge in [-0.1, -0.05) is 0 Å². The number of imidazole rings is 1. The lowest BCUT2D eigenvalue weighted by Crippen LogP contribution is -2.48. The van der Waals surface area contributed by atoms with Crippen molar-refractivity contribution in [2.75, 3.05) is 19.6 Å². The van der Waals surface area contributed by atoms with Crippen LogP contribution in [-0.2, 0) is 6.54 Å². The van der Waals surface area contributed by atoms with E-state index >= 15 is 0 Å². The molecule has 9 nitrogen and oxygen atoms in total. The number of carbonyl (C=O) groups excluding carboxylic acids is 2. The molecule has 3 saturated heterocycles. The second-order valence-corrected chi connectivity index (χ2v) is 9.31. The van der Waals surface area contributed by atoms with Gasteiger partial charge in [0.05, 0.1) is 29.6 Å². The van der Waals surface area contributed by atoms with Gasteiger partial charge in [0.2, 0.25) is 0 Å². The number of aliphatic hydroxyl groups excluding tert-OH is 2. The molecular formula is C23H31N5O4. The largest absolute Gasteiger partial charge is 0.393 e.